The number of ether oxygens (including phenoxy) is 1. The number of carbonyl (C=O) groups excluding carboxylic acids is 1. The summed E-state index contributed by atoms with van der Waals surface area (Å²) in [4.78, 5) is 30.4. The van der Waals surface area contributed by atoms with E-state index in [2.05, 4.69) is 24.9 Å². The number of benzene rings is 1. The molecule has 1 saturated heterocycles. The molecule has 18 heteroatoms. The standard InChI is InChI=1S/C31H55B5N7O6/c1-33(45)39-29(40-34(2)46)13-10-8-6-5-7-9-11-21-43(36(4)48)31(38-32-25-44)41-23-18-28(19-24-41)49-27-16-14-26(15-17-27)30-37-20-12-22-42(30)35(3)47/h14-17,25,28,45-48H,5-13,18-24H2,1-4H3,(H,39,40). The minimum Gasteiger partial charge on any atom is -0.490 e. The number of aliphatic imine (C=N–C) groups is 1. The van der Waals surface area contributed by atoms with Gasteiger partial charge in [-0.25, -0.2) is 0 Å². The molecule has 0 saturated carbocycles. The van der Waals surface area contributed by atoms with Crippen molar-refractivity contribution in [2.24, 2.45) is 14.8 Å². The molecule has 5 N–H and O–H groups in total. The summed E-state index contributed by atoms with van der Waals surface area (Å²) >= 11 is 0. The van der Waals surface area contributed by atoms with E-state index in [4.69, 9.17) is 4.74 Å². The number of piperidine rings is 1. The van der Waals surface area contributed by atoms with Crippen molar-refractivity contribution in [1.82, 2.24) is 19.7 Å². The molecule has 1 aromatic carbocycles. The van der Waals surface area contributed by atoms with Crippen LogP contribution in [0.25, 0.3) is 0 Å². The Bertz CT molecular complexity index is 1200. The van der Waals surface area contributed by atoms with Crippen LogP contribution in [0.5, 0.6) is 5.75 Å². The van der Waals surface area contributed by atoms with Crippen molar-refractivity contribution >= 4 is 59.4 Å². The van der Waals surface area contributed by atoms with Gasteiger partial charge in [-0.1, -0.05) is 32.1 Å². The summed E-state index contributed by atoms with van der Waals surface area (Å²) in [6.07, 6.45) is 11.0. The van der Waals surface area contributed by atoms with E-state index in [1.807, 2.05) is 33.9 Å². The van der Waals surface area contributed by atoms with Gasteiger partial charge in [0.2, 0.25) is 0 Å². The van der Waals surface area contributed by atoms with Crippen LogP contribution in [-0.2, 0) is 4.79 Å². The Hall–Kier alpha value is -2.94. The summed E-state index contributed by atoms with van der Waals surface area (Å²) in [6, 6.07) is 7.91. The highest BCUT2D eigenvalue weighted by Gasteiger charge is 2.29. The lowest BCUT2D eigenvalue weighted by molar-refractivity contribution is 0.127. The van der Waals surface area contributed by atoms with Crippen molar-refractivity contribution < 1.29 is 29.6 Å². The van der Waals surface area contributed by atoms with Crippen LogP contribution in [0.3, 0.4) is 0 Å². The number of amidine groups is 2. The van der Waals surface area contributed by atoms with Crippen LogP contribution in [0.4, 0.5) is 0 Å². The fourth-order valence-electron chi connectivity index (χ4n) is 6.28. The maximum Gasteiger partial charge on any atom is 0.429 e. The second-order valence-corrected chi connectivity index (χ2v) is 13.0. The van der Waals surface area contributed by atoms with E-state index in [-0.39, 0.29) is 6.10 Å². The van der Waals surface area contributed by atoms with Gasteiger partial charge >= 0.3 is 35.6 Å². The Morgan fingerprint density at radius 2 is 1.65 bits per heavy atom. The van der Waals surface area contributed by atoms with Crippen LogP contribution in [0, 0.1) is 0 Å². The molecule has 0 spiro atoms. The van der Waals surface area contributed by atoms with Crippen molar-refractivity contribution in [1.29, 1.82) is 0 Å². The molecule has 0 aromatic heterocycles. The quantitative estimate of drug-likeness (QED) is 0.0482. The number of carbonyl (C=O) groups is 1. The smallest absolute Gasteiger partial charge is 0.429 e. The Labute approximate surface area is 295 Å². The molecule has 0 unspecified atom stereocenters. The van der Waals surface area contributed by atoms with Crippen LogP contribution in [0.2, 0.25) is 27.3 Å². The van der Waals surface area contributed by atoms with Crippen LogP contribution in [0.1, 0.15) is 76.2 Å². The molecular weight excluding hydrogens is 620 g/mol. The molecule has 0 bridgehead atoms. The van der Waals surface area contributed by atoms with E-state index in [1.165, 1.54) is 7.41 Å². The fraction of sp³-hybridized carbons (Fsp3) is 0.677. The molecule has 3 rings (SSSR count). The second-order valence-electron chi connectivity index (χ2n) is 13.0. The van der Waals surface area contributed by atoms with Crippen molar-refractivity contribution in [2.75, 3.05) is 32.7 Å². The topological polar surface area (TPSA) is 166 Å². The maximum atomic E-state index is 11.2. The molecule has 2 heterocycles. The SMILES string of the molecule is CB(O)N=C(CCCCCCCCCN(B(C)O)C(=N[B]C=O)N1CCC(Oc2ccc(C3=NCCCN3B(C)O)cc2)CC1)NB(C)O. The van der Waals surface area contributed by atoms with Gasteiger partial charge in [-0.3, -0.25) is 9.90 Å². The Kier molecular flexibility index (Phi) is 18.2. The number of hydrogen-bond acceptors (Lipinski definition) is 10. The third-order valence-corrected chi connectivity index (χ3v) is 8.67. The first kappa shape index (κ1) is 40.5. The van der Waals surface area contributed by atoms with Crippen molar-refractivity contribution in [3.05, 3.63) is 29.8 Å². The zero-order valence-corrected chi connectivity index (χ0v) is 30.0. The molecule has 1 aromatic rings. The van der Waals surface area contributed by atoms with Crippen LogP contribution in [-0.4, -0.2) is 133 Å². The van der Waals surface area contributed by atoms with Gasteiger partial charge in [0, 0.05) is 57.5 Å². The van der Waals surface area contributed by atoms with E-state index >= 15 is 0 Å². The van der Waals surface area contributed by atoms with Crippen molar-refractivity contribution in [2.45, 2.75) is 104 Å². The van der Waals surface area contributed by atoms with Gasteiger partial charge in [0.1, 0.15) is 23.9 Å². The summed E-state index contributed by atoms with van der Waals surface area (Å²) < 4.78 is 6.33. The van der Waals surface area contributed by atoms with Crippen LogP contribution < -0.4 is 9.96 Å². The van der Waals surface area contributed by atoms with Gasteiger partial charge in [-0.2, -0.15) is 0 Å². The summed E-state index contributed by atoms with van der Waals surface area (Å²) in [7, 11) is -1.60. The number of nitrogens with one attached hydrogen (secondary N) is 1. The molecule has 2 aliphatic rings. The number of rotatable bonds is 19. The van der Waals surface area contributed by atoms with Gasteiger partial charge in [0.15, 0.2) is 5.96 Å². The number of nitrogens with zero attached hydrogens (tertiary/aromatic N) is 6. The van der Waals surface area contributed by atoms with E-state index in [0.29, 0.717) is 44.0 Å². The largest absolute Gasteiger partial charge is 0.490 e. The molecule has 1 radical (unpaired) electrons. The number of hydrogen-bond donors (Lipinski definition) is 5. The van der Waals surface area contributed by atoms with Crippen LogP contribution in [0.15, 0.2) is 39.1 Å². The van der Waals surface area contributed by atoms with Gasteiger partial charge < -0.3 is 54.3 Å². The zero-order valence-electron chi connectivity index (χ0n) is 30.0. The first-order chi connectivity index (χ1) is 23.6. The molecule has 1 fully saturated rings. The highest BCUT2D eigenvalue weighted by Crippen LogP contribution is 2.22. The lowest BCUT2D eigenvalue weighted by Gasteiger charge is -2.39. The predicted molar refractivity (Wildman–Crippen MR) is 204 cm³/mol. The molecule has 0 aliphatic carbocycles. The number of unbranched alkanes of at least 4 members (excludes halogenated alkanes) is 6. The summed E-state index contributed by atoms with van der Waals surface area (Å²) in [5, 5.41) is 42.8. The summed E-state index contributed by atoms with van der Waals surface area (Å²) in [5.41, 5.74) is 0.963. The number of likely N-dealkylation sites (tertiary alicyclic amines) is 1. The fourth-order valence-corrected chi connectivity index (χ4v) is 6.28. The molecule has 265 valence electrons. The van der Waals surface area contributed by atoms with Gasteiger partial charge in [0.05, 0.1) is 5.84 Å². The van der Waals surface area contributed by atoms with E-state index in [0.717, 1.165) is 94.4 Å². The normalized spacial score (nSPS) is 15.8. The Morgan fingerprint density at radius 3 is 2.24 bits per heavy atom. The first-order valence-corrected chi connectivity index (χ1v) is 18.1. The second kappa shape index (κ2) is 22.0. The summed E-state index contributed by atoms with van der Waals surface area (Å²) in [5.74, 6) is 2.85. The van der Waals surface area contributed by atoms with Crippen molar-refractivity contribution in [3.8, 4) is 5.75 Å². The van der Waals surface area contributed by atoms with E-state index in [9.17, 15) is 24.9 Å². The third-order valence-electron chi connectivity index (χ3n) is 8.67. The van der Waals surface area contributed by atoms with Gasteiger partial charge in [0.25, 0.3) is 0 Å². The summed E-state index contributed by atoms with van der Waals surface area (Å²) in [6.45, 7) is 10.3. The monoisotopic (exact) mass is 676 g/mol. The average Bonchev–Trinajstić information content (AvgIpc) is 3.06. The van der Waals surface area contributed by atoms with Gasteiger partial charge in [-0.15, -0.1) is 0 Å². The first-order valence-electron chi connectivity index (χ1n) is 18.1. The maximum absolute atomic E-state index is 11.2. The minimum absolute atomic E-state index is 0.0333. The van der Waals surface area contributed by atoms with E-state index in [1.54, 1.807) is 27.3 Å². The Balaban J connectivity index is 1.43. The highest BCUT2D eigenvalue weighted by molar-refractivity contribution is 6.66. The molecule has 49 heavy (non-hydrogen) atoms. The molecule has 0 amide bonds. The lowest BCUT2D eigenvalue weighted by Crippen LogP contribution is -2.54. The third kappa shape index (κ3) is 14.4. The zero-order chi connectivity index (χ0) is 35.6. The highest BCUT2D eigenvalue weighted by atomic mass is 16.5. The molecular formula is C31H55B5N7O6. The minimum atomic E-state index is -0.799. The molecule has 13 nitrogen and oxygen atoms in total. The lowest BCUT2D eigenvalue weighted by atomic mass is 9.83. The number of guanidine groups is 1. The molecule has 0 atom stereocenters. The molecule has 2 aliphatic heterocycles. The predicted octanol–water partition coefficient (Wildman–Crippen LogP) is 2.00. The van der Waals surface area contributed by atoms with Crippen molar-refractivity contribution in [3.63, 3.8) is 0 Å². The Morgan fingerprint density at radius 1 is 1.00 bits per heavy atom. The average molecular weight is 676 g/mol. The van der Waals surface area contributed by atoms with E-state index < -0.39 is 28.2 Å². The van der Waals surface area contributed by atoms with Gasteiger partial charge in [-0.05, 0) is 70.8 Å². The van der Waals surface area contributed by atoms with Crippen LogP contribution >= 0.6 is 0 Å².